The molecule has 0 unspecified atom stereocenters. The third-order valence-electron chi connectivity index (χ3n) is 4.86. The molecule has 0 radical (unpaired) electrons. The molecule has 158 valence electrons. The molecule has 7 heteroatoms. The molecule has 0 aliphatic heterocycles. The normalized spacial score (nSPS) is 11.0. The van der Waals surface area contributed by atoms with E-state index in [1.165, 1.54) is 23.5 Å². The summed E-state index contributed by atoms with van der Waals surface area (Å²) in [6, 6.07) is 11.7. The molecule has 0 atom stereocenters. The van der Waals surface area contributed by atoms with Gasteiger partial charge >= 0.3 is 0 Å². The lowest BCUT2D eigenvalue weighted by Gasteiger charge is -2.30. The monoisotopic (exact) mass is 444 g/mol. The Morgan fingerprint density at radius 1 is 1.00 bits per heavy atom. The first-order valence-corrected chi connectivity index (χ1v) is 11.5. The van der Waals surface area contributed by atoms with E-state index in [9.17, 15) is 14.0 Å². The molecule has 4 nitrogen and oxygen atoms in total. The van der Waals surface area contributed by atoms with Gasteiger partial charge < -0.3 is 9.80 Å². The number of amides is 2. The van der Waals surface area contributed by atoms with Crippen molar-refractivity contribution in [2.24, 2.45) is 0 Å². The molecule has 0 bridgehead atoms. The Kier molecular flexibility index (Phi) is 7.39. The van der Waals surface area contributed by atoms with Crippen LogP contribution in [0.1, 0.15) is 39.5 Å². The smallest absolute Gasteiger partial charge is 0.264 e. The summed E-state index contributed by atoms with van der Waals surface area (Å²) < 4.78 is 13.3. The summed E-state index contributed by atoms with van der Waals surface area (Å²) in [4.78, 5) is 31.3. The molecule has 2 heterocycles. The van der Waals surface area contributed by atoms with E-state index in [2.05, 4.69) is 0 Å². The van der Waals surface area contributed by atoms with Gasteiger partial charge in [-0.05, 0) is 66.9 Å². The van der Waals surface area contributed by atoms with Crippen LogP contribution >= 0.6 is 22.7 Å². The lowest BCUT2D eigenvalue weighted by molar-refractivity contribution is -0.133. The van der Waals surface area contributed by atoms with E-state index in [0.29, 0.717) is 18.0 Å². The van der Waals surface area contributed by atoms with Gasteiger partial charge in [0.15, 0.2) is 0 Å². The van der Waals surface area contributed by atoms with Crippen molar-refractivity contribution >= 4 is 34.5 Å². The zero-order valence-electron chi connectivity index (χ0n) is 17.3. The van der Waals surface area contributed by atoms with Crippen molar-refractivity contribution in [1.29, 1.82) is 0 Å². The van der Waals surface area contributed by atoms with Crippen molar-refractivity contribution in [3.8, 4) is 0 Å². The maximum Gasteiger partial charge on any atom is 0.264 e. The molecule has 1 aromatic carbocycles. The zero-order chi connectivity index (χ0) is 21.7. The van der Waals surface area contributed by atoms with Crippen LogP contribution in [0.15, 0.2) is 53.2 Å². The Balaban J connectivity index is 1.81. The van der Waals surface area contributed by atoms with E-state index in [1.807, 2.05) is 43.7 Å². The molecule has 0 spiro atoms. The number of hydrogen-bond donors (Lipinski definition) is 0. The number of halogens is 1. The molecule has 0 saturated heterocycles. The Labute approximate surface area is 184 Å². The summed E-state index contributed by atoms with van der Waals surface area (Å²) in [7, 11) is 0. The van der Waals surface area contributed by atoms with Gasteiger partial charge in [0.25, 0.3) is 5.91 Å². The molecule has 0 N–H and O–H groups in total. The molecule has 0 aliphatic rings. The van der Waals surface area contributed by atoms with Crippen LogP contribution < -0.4 is 0 Å². The number of aryl methyl sites for hydroxylation is 1. The van der Waals surface area contributed by atoms with Crippen LogP contribution in [0.4, 0.5) is 4.39 Å². The number of nitrogens with zero attached hydrogens (tertiary/aromatic N) is 2. The highest BCUT2D eigenvalue weighted by Gasteiger charge is 2.25. The van der Waals surface area contributed by atoms with Gasteiger partial charge in [0.1, 0.15) is 12.4 Å². The minimum Gasteiger partial charge on any atom is -0.332 e. The third-order valence-corrected chi connectivity index (χ3v) is 6.73. The summed E-state index contributed by atoms with van der Waals surface area (Å²) >= 11 is 2.98. The van der Waals surface area contributed by atoms with E-state index >= 15 is 0 Å². The van der Waals surface area contributed by atoms with Crippen LogP contribution in [0, 0.1) is 12.7 Å². The number of carbonyl (C=O) groups is 2. The largest absolute Gasteiger partial charge is 0.332 e. The Morgan fingerprint density at radius 2 is 1.73 bits per heavy atom. The van der Waals surface area contributed by atoms with Crippen molar-refractivity contribution in [3.63, 3.8) is 0 Å². The molecule has 0 saturated carbocycles. The highest BCUT2D eigenvalue weighted by atomic mass is 32.1. The predicted octanol–water partition coefficient (Wildman–Crippen LogP) is 5.34. The molecule has 3 aromatic rings. The molecular weight excluding hydrogens is 419 g/mol. The molecular formula is C23H25FN2O2S2. The van der Waals surface area contributed by atoms with E-state index < -0.39 is 0 Å². The number of hydrogen-bond acceptors (Lipinski definition) is 4. The van der Waals surface area contributed by atoms with Crippen LogP contribution in [-0.2, 0) is 17.9 Å². The van der Waals surface area contributed by atoms with Gasteiger partial charge in [0.2, 0.25) is 5.91 Å². The van der Waals surface area contributed by atoms with Crippen LogP contribution in [0.5, 0.6) is 0 Å². The molecule has 0 aliphatic carbocycles. The van der Waals surface area contributed by atoms with E-state index in [-0.39, 0.29) is 30.2 Å². The van der Waals surface area contributed by atoms with Crippen LogP contribution in [-0.4, -0.2) is 34.2 Å². The van der Waals surface area contributed by atoms with Crippen molar-refractivity contribution in [2.45, 2.75) is 39.9 Å². The first kappa shape index (κ1) is 22.2. The molecule has 0 fully saturated rings. The summed E-state index contributed by atoms with van der Waals surface area (Å²) in [6.45, 7) is 6.65. The minimum absolute atomic E-state index is 0.0000174. The van der Waals surface area contributed by atoms with Gasteiger partial charge in [-0.15, -0.1) is 22.7 Å². The van der Waals surface area contributed by atoms with Crippen molar-refractivity contribution in [3.05, 3.63) is 79.9 Å². The average molecular weight is 445 g/mol. The molecule has 2 aromatic heterocycles. The second-order valence-corrected chi connectivity index (χ2v) is 9.36. The standard InChI is InChI=1S/C23H25FN2O2S2/c1-16(2)26(23(28)20-5-4-11-29-20)15-22(27)25(14-21-17(3)10-12-30-21)13-18-6-8-19(24)9-7-18/h4-12,16H,13-15H2,1-3H3. The lowest BCUT2D eigenvalue weighted by Crippen LogP contribution is -2.45. The van der Waals surface area contributed by atoms with Crippen LogP contribution in [0.2, 0.25) is 0 Å². The first-order valence-electron chi connectivity index (χ1n) is 9.75. The Morgan fingerprint density at radius 3 is 2.30 bits per heavy atom. The minimum atomic E-state index is -0.307. The van der Waals surface area contributed by atoms with Gasteiger partial charge in [-0.1, -0.05) is 18.2 Å². The molecule has 2 amide bonds. The van der Waals surface area contributed by atoms with E-state index in [4.69, 9.17) is 0 Å². The Hall–Kier alpha value is -2.51. The van der Waals surface area contributed by atoms with Gasteiger partial charge in [-0.2, -0.15) is 0 Å². The maximum atomic E-state index is 13.3. The quantitative estimate of drug-likeness (QED) is 0.471. The average Bonchev–Trinajstić information content (AvgIpc) is 3.38. The van der Waals surface area contributed by atoms with Gasteiger partial charge in [0, 0.05) is 17.5 Å². The van der Waals surface area contributed by atoms with Crippen LogP contribution in [0.3, 0.4) is 0 Å². The van der Waals surface area contributed by atoms with Crippen molar-refractivity contribution in [2.75, 3.05) is 6.54 Å². The van der Waals surface area contributed by atoms with Gasteiger partial charge in [-0.25, -0.2) is 4.39 Å². The molecule has 3 rings (SSSR count). The third kappa shape index (κ3) is 5.55. The fourth-order valence-corrected chi connectivity index (χ4v) is 4.66. The SMILES string of the molecule is Cc1ccsc1CN(Cc1ccc(F)cc1)C(=O)CN(C(=O)c1cccs1)C(C)C. The van der Waals surface area contributed by atoms with Crippen LogP contribution in [0.25, 0.3) is 0 Å². The summed E-state index contributed by atoms with van der Waals surface area (Å²) in [6.07, 6.45) is 0. The van der Waals surface area contributed by atoms with E-state index in [1.54, 1.807) is 39.3 Å². The second-order valence-electron chi connectivity index (χ2n) is 7.41. The summed E-state index contributed by atoms with van der Waals surface area (Å²) in [5.74, 6) is -0.577. The first-order chi connectivity index (χ1) is 14.3. The van der Waals surface area contributed by atoms with E-state index in [0.717, 1.165) is 16.0 Å². The maximum absolute atomic E-state index is 13.3. The topological polar surface area (TPSA) is 40.6 Å². The fraction of sp³-hybridized carbons (Fsp3) is 0.304. The number of rotatable bonds is 8. The van der Waals surface area contributed by atoms with Crippen molar-refractivity contribution < 1.29 is 14.0 Å². The lowest BCUT2D eigenvalue weighted by atomic mass is 10.2. The number of thiophene rings is 2. The Bertz CT molecular complexity index is 981. The highest BCUT2D eigenvalue weighted by Crippen LogP contribution is 2.21. The number of benzene rings is 1. The van der Waals surface area contributed by atoms with Crippen molar-refractivity contribution in [1.82, 2.24) is 9.80 Å². The highest BCUT2D eigenvalue weighted by molar-refractivity contribution is 7.12. The predicted molar refractivity (Wildman–Crippen MR) is 120 cm³/mol. The fourth-order valence-electron chi connectivity index (χ4n) is 3.06. The van der Waals surface area contributed by atoms with Gasteiger partial charge in [-0.3, -0.25) is 9.59 Å². The summed E-state index contributed by atoms with van der Waals surface area (Å²) in [5.41, 5.74) is 1.98. The zero-order valence-corrected chi connectivity index (χ0v) is 18.9. The second kappa shape index (κ2) is 10.00. The summed E-state index contributed by atoms with van der Waals surface area (Å²) in [5, 5.41) is 3.86. The van der Waals surface area contributed by atoms with Gasteiger partial charge in [0.05, 0.1) is 11.4 Å². The number of carbonyl (C=O) groups excluding carboxylic acids is 2. The molecule has 30 heavy (non-hydrogen) atoms.